The molecule has 3 nitrogen and oxygen atoms in total. The zero-order valence-electron chi connectivity index (χ0n) is 14.7. The molecule has 124 valence electrons. The molecular weight excluding hydrogens is 282 g/mol. The van der Waals surface area contributed by atoms with E-state index in [0.29, 0.717) is 6.04 Å². The minimum Gasteiger partial charge on any atom is -0.387 e. The molecule has 1 aromatic carbocycles. The first-order chi connectivity index (χ1) is 11.1. The molecule has 1 N–H and O–H groups in total. The molecule has 0 unspecified atom stereocenters. The van der Waals surface area contributed by atoms with Gasteiger partial charge in [0, 0.05) is 51.5 Å². The number of allylic oxidation sites excluding steroid dienone is 2. The van der Waals surface area contributed by atoms with E-state index in [1.165, 1.54) is 48.5 Å². The van der Waals surface area contributed by atoms with Gasteiger partial charge >= 0.3 is 0 Å². The summed E-state index contributed by atoms with van der Waals surface area (Å²) in [6, 6.07) is 9.67. The summed E-state index contributed by atoms with van der Waals surface area (Å²) in [7, 11) is 0. The van der Waals surface area contributed by atoms with Crippen molar-refractivity contribution in [3.8, 4) is 0 Å². The molecule has 0 spiro atoms. The summed E-state index contributed by atoms with van der Waals surface area (Å²) in [6.07, 6.45) is 4.42. The van der Waals surface area contributed by atoms with Gasteiger partial charge in [-0.15, -0.1) is 0 Å². The lowest BCUT2D eigenvalue weighted by molar-refractivity contribution is 0.104. The largest absolute Gasteiger partial charge is 0.387 e. The zero-order valence-corrected chi connectivity index (χ0v) is 14.7. The Hall–Kier alpha value is -1.58. The maximum absolute atomic E-state index is 3.35. The Bertz CT molecular complexity index is 593. The van der Waals surface area contributed by atoms with E-state index in [9.17, 15) is 0 Å². The highest BCUT2D eigenvalue weighted by Crippen LogP contribution is 2.21. The van der Waals surface area contributed by atoms with Crippen LogP contribution in [-0.4, -0.2) is 48.6 Å². The quantitative estimate of drug-likeness (QED) is 0.922. The van der Waals surface area contributed by atoms with Gasteiger partial charge in [-0.3, -0.25) is 9.80 Å². The number of nitrogens with one attached hydrogen (secondary N) is 1. The molecule has 2 aliphatic rings. The Kier molecular flexibility index (Phi) is 5.19. The van der Waals surface area contributed by atoms with E-state index in [1.807, 2.05) is 0 Å². The fraction of sp³-hybridized carbons (Fsp3) is 0.500. The summed E-state index contributed by atoms with van der Waals surface area (Å²) in [5.41, 5.74) is 5.41. The maximum atomic E-state index is 3.35. The van der Waals surface area contributed by atoms with Crippen LogP contribution in [0.1, 0.15) is 31.9 Å². The molecule has 1 fully saturated rings. The van der Waals surface area contributed by atoms with Crippen LogP contribution in [0.4, 0.5) is 0 Å². The molecule has 0 aromatic heterocycles. The predicted octanol–water partition coefficient (Wildman–Crippen LogP) is 3.10. The lowest BCUT2D eigenvalue weighted by atomic mass is 10.00. The number of dihydropyridines is 1. The topological polar surface area (TPSA) is 18.5 Å². The highest BCUT2D eigenvalue weighted by atomic mass is 15.3. The van der Waals surface area contributed by atoms with Crippen molar-refractivity contribution in [1.82, 2.24) is 15.1 Å². The molecule has 23 heavy (non-hydrogen) atoms. The van der Waals surface area contributed by atoms with Crippen molar-refractivity contribution in [2.75, 3.05) is 32.7 Å². The van der Waals surface area contributed by atoms with Crippen molar-refractivity contribution in [2.45, 2.75) is 33.4 Å². The predicted molar refractivity (Wildman–Crippen MR) is 98.2 cm³/mol. The molecular formula is C20H29N3. The molecule has 3 heteroatoms. The molecule has 2 heterocycles. The van der Waals surface area contributed by atoms with Crippen molar-refractivity contribution in [3.05, 3.63) is 53.2 Å². The van der Waals surface area contributed by atoms with Gasteiger partial charge < -0.3 is 5.32 Å². The van der Waals surface area contributed by atoms with E-state index in [4.69, 9.17) is 0 Å². The highest BCUT2D eigenvalue weighted by molar-refractivity contribution is 5.75. The van der Waals surface area contributed by atoms with Gasteiger partial charge in [0.15, 0.2) is 0 Å². The molecule has 0 aliphatic carbocycles. The van der Waals surface area contributed by atoms with Gasteiger partial charge in [0.25, 0.3) is 0 Å². The summed E-state index contributed by atoms with van der Waals surface area (Å²) in [4.78, 5) is 5.14. The van der Waals surface area contributed by atoms with Crippen molar-refractivity contribution >= 4 is 5.57 Å². The van der Waals surface area contributed by atoms with E-state index >= 15 is 0 Å². The van der Waals surface area contributed by atoms with Gasteiger partial charge in [-0.2, -0.15) is 0 Å². The third-order valence-electron chi connectivity index (χ3n) is 4.84. The SMILES string of the molecule is CC1=CC(c2cccc(CN3CCN(C(C)C)CC3)c2)=CNC1. The number of benzene rings is 1. The van der Waals surface area contributed by atoms with Crippen LogP contribution in [0.3, 0.4) is 0 Å². The Labute approximate surface area is 140 Å². The van der Waals surface area contributed by atoms with Crippen LogP contribution in [0, 0.1) is 0 Å². The van der Waals surface area contributed by atoms with Gasteiger partial charge in [-0.1, -0.05) is 29.8 Å². The molecule has 0 amide bonds. The van der Waals surface area contributed by atoms with Crippen LogP contribution in [0.15, 0.2) is 42.1 Å². The highest BCUT2D eigenvalue weighted by Gasteiger charge is 2.18. The van der Waals surface area contributed by atoms with Gasteiger partial charge in [-0.05, 0) is 43.5 Å². The number of piperazine rings is 1. The molecule has 0 saturated carbocycles. The van der Waals surface area contributed by atoms with E-state index in [2.05, 4.69) is 72.4 Å². The Morgan fingerprint density at radius 3 is 2.61 bits per heavy atom. The zero-order chi connectivity index (χ0) is 16.2. The standard InChI is InChI=1S/C20H29N3/c1-16(2)23-9-7-22(8-10-23)15-18-5-4-6-19(12-18)20-11-17(3)13-21-14-20/h4-6,11-12,14,16,21H,7-10,13,15H2,1-3H3. The minimum atomic E-state index is 0.668. The van der Waals surface area contributed by atoms with E-state index < -0.39 is 0 Å². The second-order valence-electron chi connectivity index (χ2n) is 7.08. The van der Waals surface area contributed by atoms with Crippen molar-refractivity contribution in [2.24, 2.45) is 0 Å². The third-order valence-corrected chi connectivity index (χ3v) is 4.84. The van der Waals surface area contributed by atoms with Crippen LogP contribution < -0.4 is 5.32 Å². The number of nitrogens with zero attached hydrogens (tertiary/aromatic N) is 2. The molecule has 1 saturated heterocycles. The van der Waals surface area contributed by atoms with Crippen LogP contribution in [0.5, 0.6) is 0 Å². The van der Waals surface area contributed by atoms with Crippen molar-refractivity contribution in [1.29, 1.82) is 0 Å². The molecule has 2 aliphatic heterocycles. The Balaban J connectivity index is 1.64. The van der Waals surface area contributed by atoms with Gasteiger partial charge in [-0.25, -0.2) is 0 Å². The monoisotopic (exact) mass is 311 g/mol. The second-order valence-corrected chi connectivity index (χ2v) is 7.08. The fourth-order valence-electron chi connectivity index (χ4n) is 3.39. The first kappa shape index (κ1) is 16.3. The maximum Gasteiger partial charge on any atom is 0.0355 e. The molecule has 0 atom stereocenters. The van der Waals surface area contributed by atoms with E-state index in [-0.39, 0.29) is 0 Å². The lowest BCUT2D eigenvalue weighted by Crippen LogP contribution is -2.48. The minimum absolute atomic E-state index is 0.668. The second kappa shape index (κ2) is 7.33. The van der Waals surface area contributed by atoms with Crippen LogP contribution in [-0.2, 0) is 6.54 Å². The van der Waals surface area contributed by atoms with E-state index in [0.717, 1.165) is 13.1 Å². The number of hydrogen-bond donors (Lipinski definition) is 1. The number of rotatable bonds is 4. The van der Waals surface area contributed by atoms with E-state index in [1.54, 1.807) is 0 Å². The Morgan fingerprint density at radius 2 is 1.91 bits per heavy atom. The Morgan fingerprint density at radius 1 is 1.13 bits per heavy atom. The van der Waals surface area contributed by atoms with Gasteiger partial charge in [0.05, 0.1) is 0 Å². The van der Waals surface area contributed by atoms with Gasteiger partial charge in [0.1, 0.15) is 0 Å². The van der Waals surface area contributed by atoms with Crippen LogP contribution in [0.25, 0.3) is 5.57 Å². The summed E-state index contributed by atoms with van der Waals surface area (Å²) in [5, 5.41) is 3.35. The lowest BCUT2D eigenvalue weighted by Gasteiger charge is -2.37. The van der Waals surface area contributed by atoms with Crippen LogP contribution in [0.2, 0.25) is 0 Å². The third kappa shape index (κ3) is 4.24. The average Bonchev–Trinajstić information content (AvgIpc) is 2.56. The summed E-state index contributed by atoms with van der Waals surface area (Å²) in [6.45, 7) is 13.5. The molecule has 0 bridgehead atoms. The summed E-state index contributed by atoms with van der Waals surface area (Å²) >= 11 is 0. The smallest absolute Gasteiger partial charge is 0.0355 e. The van der Waals surface area contributed by atoms with Crippen molar-refractivity contribution < 1.29 is 0 Å². The van der Waals surface area contributed by atoms with Crippen LogP contribution >= 0.6 is 0 Å². The average molecular weight is 311 g/mol. The molecule has 3 rings (SSSR count). The van der Waals surface area contributed by atoms with Gasteiger partial charge in [0.2, 0.25) is 0 Å². The summed E-state index contributed by atoms with van der Waals surface area (Å²) in [5.74, 6) is 0. The first-order valence-corrected chi connectivity index (χ1v) is 8.78. The normalized spacial score (nSPS) is 20.2. The molecule has 1 aromatic rings. The van der Waals surface area contributed by atoms with Crippen molar-refractivity contribution in [3.63, 3.8) is 0 Å². The number of hydrogen-bond acceptors (Lipinski definition) is 3. The summed E-state index contributed by atoms with van der Waals surface area (Å²) < 4.78 is 0. The molecule has 0 radical (unpaired) electrons. The first-order valence-electron chi connectivity index (χ1n) is 8.78. The fourth-order valence-corrected chi connectivity index (χ4v) is 3.39.